The van der Waals surface area contributed by atoms with Gasteiger partial charge in [-0.3, -0.25) is 9.59 Å². The Balaban J connectivity index is 0.000000687. The zero-order valence-electron chi connectivity index (χ0n) is 16.5. The summed E-state index contributed by atoms with van der Waals surface area (Å²) in [5, 5.41) is 7.83. The summed E-state index contributed by atoms with van der Waals surface area (Å²) in [5.74, 6) is 1.12. The number of nitrogens with zero attached hydrogens (tertiary/aromatic N) is 2. The Morgan fingerprint density at radius 1 is 1.17 bits per heavy atom. The molecule has 3 aliphatic rings. The van der Waals surface area contributed by atoms with E-state index in [2.05, 4.69) is 9.27 Å². The Morgan fingerprint density at radius 3 is 2.47 bits per heavy atom. The lowest BCUT2D eigenvalue weighted by molar-refractivity contribution is -0.122. The molecule has 3 aromatic rings. The first-order valence-corrected chi connectivity index (χ1v) is 10.8. The van der Waals surface area contributed by atoms with Crippen molar-refractivity contribution in [3.8, 4) is 11.1 Å². The van der Waals surface area contributed by atoms with Crippen molar-refractivity contribution < 1.29 is 19.1 Å². The van der Waals surface area contributed by atoms with Crippen molar-refractivity contribution in [3.63, 3.8) is 0 Å². The number of fused-ring (bicyclic) bond motifs is 4. The molecule has 6 rings (SSSR count). The molecule has 3 aliphatic heterocycles. The second-order valence-corrected chi connectivity index (χ2v) is 8.68. The van der Waals surface area contributed by atoms with Gasteiger partial charge in [-0.1, -0.05) is 24.3 Å². The second kappa shape index (κ2) is 9.02. The zero-order chi connectivity index (χ0) is 21.1. The molecule has 0 saturated carbocycles. The molecular weight excluding hydrogens is 403 g/mol. The van der Waals surface area contributed by atoms with Crippen LogP contribution in [0, 0.1) is 17.7 Å². The van der Waals surface area contributed by atoms with Crippen LogP contribution < -0.4 is 0 Å². The fourth-order valence-corrected chi connectivity index (χ4v) is 5.45. The third kappa shape index (κ3) is 4.27. The first kappa shape index (κ1) is 20.6. The van der Waals surface area contributed by atoms with Crippen LogP contribution in [0.5, 0.6) is 0 Å². The van der Waals surface area contributed by atoms with Crippen molar-refractivity contribution in [1.82, 2.24) is 9.27 Å². The molecule has 0 amide bonds. The van der Waals surface area contributed by atoms with Crippen LogP contribution in [-0.2, 0) is 4.79 Å². The van der Waals surface area contributed by atoms with E-state index in [0.29, 0.717) is 24.0 Å². The van der Waals surface area contributed by atoms with Gasteiger partial charge >= 0.3 is 0 Å². The van der Waals surface area contributed by atoms with E-state index in [1.165, 1.54) is 49.6 Å². The molecule has 0 unspecified atom stereocenters. The van der Waals surface area contributed by atoms with Gasteiger partial charge in [0, 0.05) is 18.4 Å². The summed E-state index contributed by atoms with van der Waals surface area (Å²) in [4.78, 5) is 23.8. The highest BCUT2D eigenvalue weighted by Gasteiger charge is 2.35. The van der Waals surface area contributed by atoms with E-state index in [9.17, 15) is 9.18 Å². The molecule has 1 N–H and O–H groups in total. The fourth-order valence-electron chi connectivity index (χ4n) is 4.61. The number of hydrogen-bond acceptors (Lipinski definition) is 5. The molecule has 2 aromatic carbocycles. The molecule has 7 heteroatoms. The predicted octanol–water partition coefficient (Wildman–Crippen LogP) is 4.72. The van der Waals surface area contributed by atoms with Crippen LogP contribution >= 0.6 is 11.5 Å². The van der Waals surface area contributed by atoms with Gasteiger partial charge < -0.3 is 10.0 Å². The number of carbonyl (C=O) groups is 2. The average molecular weight is 427 g/mol. The van der Waals surface area contributed by atoms with E-state index in [4.69, 9.17) is 9.90 Å². The van der Waals surface area contributed by atoms with Gasteiger partial charge in [0.2, 0.25) is 0 Å². The van der Waals surface area contributed by atoms with E-state index in [1.807, 2.05) is 18.2 Å². The number of carboxylic acid groups (broad SMARTS) is 1. The topological polar surface area (TPSA) is 70.5 Å². The fraction of sp³-hybridized carbons (Fsp3) is 0.348. The third-order valence-electron chi connectivity index (χ3n) is 6.15. The summed E-state index contributed by atoms with van der Waals surface area (Å²) in [6.45, 7) is 3.20. The monoisotopic (exact) mass is 426 g/mol. The van der Waals surface area contributed by atoms with Crippen molar-refractivity contribution in [2.24, 2.45) is 11.8 Å². The molecule has 3 saturated heterocycles. The van der Waals surface area contributed by atoms with Crippen molar-refractivity contribution >= 4 is 33.9 Å². The van der Waals surface area contributed by atoms with Crippen molar-refractivity contribution in [1.29, 1.82) is 0 Å². The summed E-state index contributed by atoms with van der Waals surface area (Å²) in [5.41, 5.74) is 2.60. The SMILES string of the molecule is O=C(C[C@H]1CN2CCC1CC2)c1nsc2cc(-c3ccc(F)cc3)ccc12.O=CO. The zero-order valence-corrected chi connectivity index (χ0v) is 17.3. The van der Waals surface area contributed by atoms with E-state index in [1.54, 1.807) is 12.1 Å². The van der Waals surface area contributed by atoms with Crippen LogP contribution in [0.3, 0.4) is 0 Å². The minimum absolute atomic E-state index is 0.175. The van der Waals surface area contributed by atoms with Crippen LogP contribution in [0.1, 0.15) is 29.8 Å². The first-order chi connectivity index (χ1) is 14.6. The molecule has 2 bridgehead atoms. The van der Waals surface area contributed by atoms with Crippen LogP contribution in [0.4, 0.5) is 4.39 Å². The number of aromatic nitrogens is 1. The number of benzene rings is 2. The number of halogens is 1. The second-order valence-electron chi connectivity index (χ2n) is 7.88. The maximum atomic E-state index is 13.1. The molecule has 4 heterocycles. The number of hydrogen-bond donors (Lipinski definition) is 1. The summed E-state index contributed by atoms with van der Waals surface area (Å²) >= 11 is 1.38. The molecular formula is C23H23FN2O3S. The van der Waals surface area contributed by atoms with Crippen LogP contribution in [0.15, 0.2) is 42.5 Å². The highest BCUT2D eigenvalue weighted by atomic mass is 32.1. The van der Waals surface area contributed by atoms with Crippen molar-refractivity contribution in [3.05, 3.63) is 54.0 Å². The number of Topliss-reactive ketones (excluding diaryl/α,β-unsaturated/α-hetero) is 1. The molecule has 1 atom stereocenters. The Kier molecular flexibility index (Phi) is 6.20. The van der Waals surface area contributed by atoms with Gasteiger partial charge in [-0.15, -0.1) is 0 Å². The van der Waals surface area contributed by atoms with Gasteiger partial charge in [0.05, 0.1) is 4.70 Å². The van der Waals surface area contributed by atoms with E-state index < -0.39 is 0 Å². The summed E-state index contributed by atoms with van der Waals surface area (Å²) in [6.07, 6.45) is 3.08. The molecule has 30 heavy (non-hydrogen) atoms. The molecule has 0 radical (unpaired) electrons. The van der Waals surface area contributed by atoms with E-state index in [0.717, 1.165) is 27.8 Å². The Hall–Kier alpha value is -2.64. The quantitative estimate of drug-likeness (QED) is 0.483. The van der Waals surface area contributed by atoms with Gasteiger partial charge in [0.25, 0.3) is 6.47 Å². The lowest BCUT2D eigenvalue weighted by atomic mass is 9.76. The highest BCUT2D eigenvalue weighted by molar-refractivity contribution is 7.13. The number of rotatable bonds is 4. The van der Waals surface area contributed by atoms with Gasteiger partial charge in [-0.25, -0.2) is 4.39 Å². The molecule has 5 nitrogen and oxygen atoms in total. The lowest BCUT2D eigenvalue weighted by Crippen LogP contribution is -2.47. The van der Waals surface area contributed by atoms with Gasteiger partial charge in [-0.05, 0) is 78.6 Å². The minimum atomic E-state index is -0.250. The predicted molar refractivity (Wildman–Crippen MR) is 115 cm³/mol. The third-order valence-corrected chi connectivity index (χ3v) is 6.96. The Morgan fingerprint density at radius 2 is 1.83 bits per heavy atom. The highest BCUT2D eigenvalue weighted by Crippen LogP contribution is 2.36. The van der Waals surface area contributed by atoms with E-state index >= 15 is 0 Å². The smallest absolute Gasteiger partial charge is 0.290 e. The normalized spacial score (nSPS) is 22.4. The standard InChI is InChI=1S/C22H21FN2OS.CH2O2/c23-18-4-1-14(2-5-18)16-3-6-19-21(12-16)27-24-22(19)20(26)11-17-13-25-9-7-15(17)8-10-25;2-1-3/h1-6,12,15,17H,7-11,13H2;1H,(H,2,3)/t17-;/m0./s1. The number of ketones is 1. The molecule has 0 spiro atoms. The first-order valence-electron chi connectivity index (χ1n) is 10.1. The molecule has 0 aliphatic carbocycles. The van der Waals surface area contributed by atoms with Crippen LogP contribution in [-0.4, -0.2) is 46.3 Å². The van der Waals surface area contributed by atoms with Crippen LogP contribution in [0.25, 0.3) is 21.2 Å². The van der Waals surface area contributed by atoms with Gasteiger partial charge in [0.1, 0.15) is 11.5 Å². The van der Waals surface area contributed by atoms with Crippen molar-refractivity contribution in [2.75, 3.05) is 19.6 Å². The number of carbonyl (C=O) groups excluding carboxylic acids is 1. The largest absolute Gasteiger partial charge is 0.483 e. The van der Waals surface area contributed by atoms with Gasteiger partial charge in [-0.2, -0.15) is 4.37 Å². The average Bonchev–Trinajstić information content (AvgIpc) is 3.19. The number of piperidine rings is 3. The molecule has 1 aromatic heterocycles. The maximum Gasteiger partial charge on any atom is 0.290 e. The maximum absolute atomic E-state index is 13.1. The molecule has 156 valence electrons. The van der Waals surface area contributed by atoms with E-state index in [-0.39, 0.29) is 18.1 Å². The molecule has 3 fully saturated rings. The summed E-state index contributed by atoms with van der Waals surface area (Å²) in [6, 6.07) is 12.5. The Bertz CT molecular complexity index is 1040. The summed E-state index contributed by atoms with van der Waals surface area (Å²) in [7, 11) is 0. The Labute approximate surface area is 178 Å². The summed E-state index contributed by atoms with van der Waals surface area (Å²) < 4.78 is 18.6. The van der Waals surface area contributed by atoms with Gasteiger partial charge in [0.15, 0.2) is 5.78 Å². The van der Waals surface area contributed by atoms with Crippen molar-refractivity contribution in [2.45, 2.75) is 19.3 Å². The minimum Gasteiger partial charge on any atom is -0.483 e. The van der Waals surface area contributed by atoms with Crippen LogP contribution in [0.2, 0.25) is 0 Å². The lowest BCUT2D eigenvalue weighted by Gasteiger charge is -2.44.